The number of rotatable bonds is 5. The molecule has 0 amide bonds. The molecular weight excluding hydrogens is 296 g/mol. The van der Waals surface area contributed by atoms with E-state index in [2.05, 4.69) is 15.4 Å². The topological polar surface area (TPSA) is 148 Å². The fraction of sp³-hybridized carbons (Fsp3) is 0.167. The second-order valence-corrected chi connectivity index (χ2v) is 4.03. The number of ether oxygens (including phenoxy) is 1. The summed E-state index contributed by atoms with van der Waals surface area (Å²) in [5.41, 5.74) is -0.977. The average molecular weight is 306 g/mol. The number of carboxylic acid groups (broad SMARTS) is 1. The maximum Gasteiger partial charge on any atom is 0.361 e. The zero-order valence-electron chi connectivity index (χ0n) is 11.3. The van der Waals surface area contributed by atoms with E-state index in [0.717, 1.165) is 12.1 Å². The monoisotopic (exact) mass is 306 g/mol. The Morgan fingerprint density at radius 1 is 1.41 bits per heavy atom. The first-order valence-corrected chi connectivity index (χ1v) is 6.05. The Kier molecular flexibility index (Phi) is 4.11. The van der Waals surface area contributed by atoms with Crippen molar-refractivity contribution in [1.29, 1.82) is 0 Å². The van der Waals surface area contributed by atoms with Crippen LogP contribution in [0.15, 0.2) is 18.2 Å². The van der Waals surface area contributed by atoms with E-state index in [-0.39, 0.29) is 34.8 Å². The highest BCUT2D eigenvalue weighted by Gasteiger charge is 2.24. The Labute approximate surface area is 122 Å². The summed E-state index contributed by atoms with van der Waals surface area (Å²) in [6.07, 6.45) is 0. The zero-order valence-corrected chi connectivity index (χ0v) is 11.3. The number of nitrogens with zero attached hydrogens (tertiary/aromatic N) is 3. The van der Waals surface area contributed by atoms with Crippen molar-refractivity contribution >= 4 is 17.6 Å². The molecule has 0 unspecified atom stereocenters. The summed E-state index contributed by atoms with van der Waals surface area (Å²) in [5.74, 6) is -2.17. The van der Waals surface area contributed by atoms with Crippen LogP contribution < -0.4 is 0 Å². The highest BCUT2D eigenvalue weighted by molar-refractivity contribution is 6.00. The normalized spacial score (nSPS) is 10.2. The zero-order chi connectivity index (χ0) is 16.3. The van der Waals surface area contributed by atoms with Crippen LogP contribution in [0.4, 0.5) is 5.69 Å². The first kappa shape index (κ1) is 15.1. The third kappa shape index (κ3) is 2.75. The van der Waals surface area contributed by atoms with Crippen molar-refractivity contribution in [3.8, 4) is 11.3 Å². The molecule has 1 heterocycles. The summed E-state index contributed by atoms with van der Waals surface area (Å²) in [5, 5.41) is 29.5. The molecule has 0 aliphatic carbocycles. The van der Waals surface area contributed by atoms with Crippen LogP contribution in [0.25, 0.3) is 11.3 Å². The van der Waals surface area contributed by atoms with Crippen molar-refractivity contribution in [2.24, 2.45) is 0 Å². The molecule has 10 heteroatoms. The van der Waals surface area contributed by atoms with Gasteiger partial charge in [0, 0.05) is 17.7 Å². The van der Waals surface area contributed by atoms with Crippen LogP contribution in [-0.4, -0.2) is 44.0 Å². The molecule has 1 aromatic heterocycles. The van der Waals surface area contributed by atoms with E-state index in [1.165, 1.54) is 6.07 Å². The lowest BCUT2D eigenvalue weighted by Gasteiger charge is -2.05. The van der Waals surface area contributed by atoms with Crippen molar-refractivity contribution in [1.82, 2.24) is 15.4 Å². The summed E-state index contributed by atoms with van der Waals surface area (Å²) >= 11 is 0. The standard InChI is InChI=1S/C12H10N4O6/c1-2-22-12(19)10-9(13-15-14-10)7-4-3-6(16(20)21)5-8(7)11(17)18/h3-5H,2H2,1H3,(H,17,18)(H,13,14,15). The van der Waals surface area contributed by atoms with Gasteiger partial charge >= 0.3 is 11.9 Å². The number of hydrogen-bond acceptors (Lipinski definition) is 7. The van der Waals surface area contributed by atoms with E-state index in [9.17, 15) is 24.8 Å². The molecule has 2 N–H and O–H groups in total. The van der Waals surface area contributed by atoms with Crippen LogP contribution in [0.2, 0.25) is 0 Å². The number of benzene rings is 1. The van der Waals surface area contributed by atoms with Gasteiger partial charge in [0.2, 0.25) is 0 Å². The molecule has 10 nitrogen and oxygen atoms in total. The summed E-state index contributed by atoms with van der Waals surface area (Å²) in [6, 6.07) is 3.20. The Morgan fingerprint density at radius 3 is 2.73 bits per heavy atom. The van der Waals surface area contributed by atoms with Gasteiger partial charge in [-0.05, 0) is 13.0 Å². The molecule has 0 aliphatic heterocycles. The number of nitrogens with one attached hydrogen (secondary N) is 1. The molecule has 0 saturated heterocycles. The van der Waals surface area contributed by atoms with Gasteiger partial charge in [-0.25, -0.2) is 9.59 Å². The number of carboxylic acids is 1. The van der Waals surface area contributed by atoms with E-state index in [1.807, 2.05) is 0 Å². The maximum absolute atomic E-state index is 11.8. The second-order valence-electron chi connectivity index (χ2n) is 4.03. The number of nitro benzene ring substituents is 1. The molecular formula is C12H10N4O6. The molecule has 2 rings (SSSR count). The number of aromatic carboxylic acids is 1. The number of aromatic amines is 1. The number of carbonyl (C=O) groups excluding carboxylic acids is 1. The van der Waals surface area contributed by atoms with Crippen LogP contribution in [0.1, 0.15) is 27.8 Å². The number of H-pyrrole nitrogens is 1. The van der Waals surface area contributed by atoms with Gasteiger partial charge in [0.05, 0.1) is 17.1 Å². The van der Waals surface area contributed by atoms with Gasteiger partial charge < -0.3 is 9.84 Å². The smallest absolute Gasteiger partial charge is 0.361 e. The number of non-ortho nitro benzene ring substituents is 1. The molecule has 0 radical (unpaired) electrons. The van der Waals surface area contributed by atoms with Crippen molar-refractivity contribution in [2.45, 2.75) is 6.92 Å². The minimum absolute atomic E-state index is 0.0231. The van der Waals surface area contributed by atoms with Gasteiger partial charge in [-0.1, -0.05) is 0 Å². The highest BCUT2D eigenvalue weighted by atomic mass is 16.6. The molecule has 0 fully saturated rings. The summed E-state index contributed by atoms with van der Waals surface area (Å²) < 4.78 is 4.79. The molecule has 0 aliphatic rings. The van der Waals surface area contributed by atoms with Crippen LogP contribution in [0, 0.1) is 10.1 Å². The van der Waals surface area contributed by atoms with Gasteiger partial charge in [0.1, 0.15) is 5.69 Å². The number of nitro groups is 1. The van der Waals surface area contributed by atoms with Gasteiger partial charge in [-0.2, -0.15) is 10.3 Å². The largest absolute Gasteiger partial charge is 0.478 e. The molecule has 0 saturated carbocycles. The summed E-state index contributed by atoms with van der Waals surface area (Å²) in [7, 11) is 0. The predicted octanol–water partition coefficient (Wildman–Crippen LogP) is 1.25. The molecule has 22 heavy (non-hydrogen) atoms. The minimum atomic E-state index is -1.39. The Balaban J connectivity index is 2.58. The third-order valence-electron chi connectivity index (χ3n) is 2.72. The van der Waals surface area contributed by atoms with Gasteiger partial charge in [0.25, 0.3) is 5.69 Å². The fourth-order valence-electron chi connectivity index (χ4n) is 1.79. The molecule has 114 valence electrons. The van der Waals surface area contributed by atoms with Crippen molar-refractivity contribution < 1.29 is 24.4 Å². The Bertz CT molecular complexity index is 754. The lowest BCUT2D eigenvalue weighted by Crippen LogP contribution is -2.08. The number of aromatic nitrogens is 3. The molecule has 2 aromatic rings. The number of hydrogen-bond donors (Lipinski definition) is 2. The van der Waals surface area contributed by atoms with E-state index in [0.29, 0.717) is 0 Å². The maximum atomic E-state index is 11.8. The average Bonchev–Trinajstić information content (AvgIpc) is 2.96. The van der Waals surface area contributed by atoms with E-state index in [4.69, 9.17) is 4.74 Å². The number of esters is 1. The van der Waals surface area contributed by atoms with Crippen molar-refractivity contribution in [3.05, 3.63) is 39.6 Å². The number of carbonyl (C=O) groups is 2. The predicted molar refractivity (Wildman–Crippen MR) is 71.4 cm³/mol. The fourth-order valence-corrected chi connectivity index (χ4v) is 1.79. The molecule has 0 atom stereocenters. The molecule has 0 spiro atoms. The lowest BCUT2D eigenvalue weighted by atomic mass is 10.0. The lowest BCUT2D eigenvalue weighted by molar-refractivity contribution is -0.384. The first-order valence-electron chi connectivity index (χ1n) is 6.05. The van der Waals surface area contributed by atoms with E-state index < -0.39 is 16.9 Å². The summed E-state index contributed by atoms with van der Waals surface area (Å²) in [4.78, 5) is 33.1. The Morgan fingerprint density at radius 2 is 2.14 bits per heavy atom. The Hall–Kier alpha value is -3.30. The van der Waals surface area contributed by atoms with Crippen LogP contribution >= 0.6 is 0 Å². The first-order chi connectivity index (χ1) is 10.5. The van der Waals surface area contributed by atoms with E-state index >= 15 is 0 Å². The van der Waals surface area contributed by atoms with Crippen LogP contribution in [0.3, 0.4) is 0 Å². The van der Waals surface area contributed by atoms with Crippen LogP contribution in [-0.2, 0) is 4.74 Å². The molecule has 1 aromatic carbocycles. The third-order valence-corrected chi connectivity index (χ3v) is 2.72. The molecule has 0 bridgehead atoms. The SMILES string of the molecule is CCOC(=O)c1n[nH]nc1-c1ccc([N+](=O)[O-])cc1C(=O)O. The van der Waals surface area contributed by atoms with Gasteiger partial charge in [0.15, 0.2) is 5.69 Å². The van der Waals surface area contributed by atoms with Gasteiger partial charge in [-0.3, -0.25) is 10.1 Å². The van der Waals surface area contributed by atoms with Crippen molar-refractivity contribution in [3.63, 3.8) is 0 Å². The second kappa shape index (κ2) is 5.99. The highest BCUT2D eigenvalue weighted by Crippen LogP contribution is 2.28. The summed E-state index contributed by atoms with van der Waals surface area (Å²) in [6.45, 7) is 1.71. The van der Waals surface area contributed by atoms with Crippen molar-refractivity contribution in [2.75, 3.05) is 6.61 Å². The van der Waals surface area contributed by atoms with Crippen LogP contribution in [0.5, 0.6) is 0 Å². The van der Waals surface area contributed by atoms with Gasteiger partial charge in [-0.15, -0.1) is 5.10 Å². The quantitative estimate of drug-likeness (QED) is 0.476. The van der Waals surface area contributed by atoms with E-state index in [1.54, 1.807) is 6.92 Å². The minimum Gasteiger partial charge on any atom is -0.478 e.